The van der Waals surface area contributed by atoms with Crippen LogP contribution in [0.1, 0.15) is 19.8 Å². The third-order valence-electron chi connectivity index (χ3n) is 3.48. The molecule has 19 heavy (non-hydrogen) atoms. The van der Waals surface area contributed by atoms with E-state index in [0.29, 0.717) is 25.4 Å². The fourth-order valence-electron chi connectivity index (χ4n) is 2.50. The Morgan fingerprint density at radius 3 is 2.84 bits per heavy atom. The van der Waals surface area contributed by atoms with E-state index >= 15 is 0 Å². The van der Waals surface area contributed by atoms with Crippen molar-refractivity contribution in [2.75, 3.05) is 45.9 Å². The number of rotatable bonds is 6. The van der Waals surface area contributed by atoms with Crippen LogP contribution in [-0.4, -0.2) is 69.1 Å². The standard InChI is InChI=1S/C13H25N3O3/c1-2-3-6-18-13(17)15-4-5-16-9-11-7-14-8-12(10-16)19-11/h11-12,14H,2-10H2,1H3,(H,15,17). The van der Waals surface area contributed by atoms with Gasteiger partial charge in [0.25, 0.3) is 0 Å². The molecular formula is C13H25N3O3. The molecule has 0 aromatic heterocycles. The lowest BCUT2D eigenvalue weighted by Crippen LogP contribution is -2.59. The van der Waals surface area contributed by atoms with Gasteiger partial charge in [-0.05, 0) is 6.42 Å². The molecule has 2 aliphatic heterocycles. The van der Waals surface area contributed by atoms with Crippen molar-refractivity contribution in [2.24, 2.45) is 0 Å². The van der Waals surface area contributed by atoms with Gasteiger partial charge in [-0.25, -0.2) is 4.79 Å². The normalized spacial score (nSPS) is 27.0. The third kappa shape index (κ3) is 4.97. The van der Waals surface area contributed by atoms with Crippen molar-refractivity contribution in [3.63, 3.8) is 0 Å². The summed E-state index contributed by atoms with van der Waals surface area (Å²) in [6, 6.07) is 0. The smallest absolute Gasteiger partial charge is 0.407 e. The molecule has 2 rings (SSSR count). The fourth-order valence-corrected chi connectivity index (χ4v) is 2.50. The number of nitrogens with one attached hydrogen (secondary N) is 2. The van der Waals surface area contributed by atoms with Gasteiger partial charge in [-0.2, -0.15) is 0 Å². The zero-order valence-electron chi connectivity index (χ0n) is 11.7. The number of alkyl carbamates (subject to hydrolysis) is 1. The summed E-state index contributed by atoms with van der Waals surface area (Å²) < 4.78 is 10.9. The summed E-state index contributed by atoms with van der Waals surface area (Å²) in [5.41, 5.74) is 0. The molecule has 2 fully saturated rings. The van der Waals surface area contributed by atoms with Gasteiger partial charge in [0.2, 0.25) is 0 Å². The quantitative estimate of drug-likeness (QED) is 0.675. The second-order valence-corrected chi connectivity index (χ2v) is 5.21. The van der Waals surface area contributed by atoms with Gasteiger partial charge in [0.05, 0.1) is 18.8 Å². The van der Waals surface area contributed by atoms with Gasteiger partial charge in [0, 0.05) is 39.3 Å². The topological polar surface area (TPSA) is 62.8 Å². The summed E-state index contributed by atoms with van der Waals surface area (Å²) >= 11 is 0. The fraction of sp³-hybridized carbons (Fsp3) is 0.923. The molecule has 110 valence electrons. The molecule has 6 heteroatoms. The highest BCUT2D eigenvalue weighted by atomic mass is 16.5. The number of carbonyl (C=O) groups excluding carboxylic acids is 1. The Kier molecular flexibility index (Phi) is 5.88. The Balaban J connectivity index is 1.56. The van der Waals surface area contributed by atoms with E-state index in [9.17, 15) is 4.79 Å². The van der Waals surface area contributed by atoms with Gasteiger partial charge in [-0.3, -0.25) is 4.90 Å². The first-order valence-corrected chi connectivity index (χ1v) is 7.27. The van der Waals surface area contributed by atoms with Crippen molar-refractivity contribution in [3.8, 4) is 0 Å². The number of amides is 1. The van der Waals surface area contributed by atoms with E-state index in [1.165, 1.54) is 0 Å². The van der Waals surface area contributed by atoms with Crippen LogP contribution in [0.3, 0.4) is 0 Å². The Bertz CT molecular complexity index is 276. The van der Waals surface area contributed by atoms with E-state index in [4.69, 9.17) is 9.47 Å². The third-order valence-corrected chi connectivity index (χ3v) is 3.48. The molecule has 2 N–H and O–H groups in total. The summed E-state index contributed by atoms with van der Waals surface area (Å²) in [5, 5.41) is 6.16. The van der Waals surface area contributed by atoms with Crippen molar-refractivity contribution in [3.05, 3.63) is 0 Å². The largest absolute Gasteiger partial charge is 0.450 e. The number of hydrogen-bond acceptors (Lipinski definition) is 5. The summed E-state index contributed by atoms with van der Waals surface area (Å²) in [4.78, 5) is 13.7. The van der Waals surface area contributed by atoms with Gasteiger partial charge in [0.15, 0.2) is 0 Å². The van der Waals surface area contributed by atoms with E-state index < -0.39 is 0 Å². The predicted octanol–water partition coefficient (Wildman–Crippen LogP) is 0.185. The summed E-state index contributed by atoms with van der Waals surface area (Å²) in [6.45, 7) is 7.82. The minimum absolute atomic E-state index is 0.295. The molecule has 2 aliphatic rings. The van der Waals surface area contributed by atoms with E-state index in [1.807, 2.05) is 0 Å². The molecule has 0 aromatic carbocycles. The van der Waals surface area contributed by atoms with Gasteiger partial charge in [-0.15, -0.1) is 0 Å². The van der Waals surface area contributed by atoms with Crippen molar-refractivity contribution >= 4 is 6.09 Å². The molecule has 1 amide bonds. The first kappa shape index (κ1) is 14.6. The molecule has 0 aromatic rings. The maximum Gasteiger partial charge on any atom is 0.407 e. The lowest BCUT2D eigenvalue weighted by molar-refractivity contribution is -0.102. The first-order valence-electron chi connectivity index (χ1n) is 7.27. The number of fused-ring (bicyclic) bond motifs is 2. The molecule has 0 aliphatic carbocycles. The van der Waals surface area contributed by atoms with Gasteiger partial charge < -0.3 is 20.1 Å². The Labute approximate surface area is 114 Å². The van der Waals surface area contributed by atoms with Crippen molar-refractivity contribution in [1.29, 1.82) is 0 Å². The van der Waals surface area contributed by atoms with Crippen LogP contribution in [0.15, 0.2) is 0 Å². The van der Waals surface area contributed by atoms with Crippen LogP contribution in [0.25, 0.3) is 0 Å². The number of hydrogen-bond donors (Lipinski definition) is 2. The van der Waals surface area contributed by atoms with E-state index in [1.54, 1.807) is 0 Å². The van der Waals surface area contributed by atoms with Crippen LogP contribution < -0.4 is 10.6 Å². The molecule has 0 saturated carbocycles. The number of morpholine rings is 2. The van der Waals surface area contributed by atoms with Gasteiger partial charge in [-0.1, -0.05) is 13.3 Å². The highest BCUT2D eigenvalue weighted by Crippen LogP contribution is 2.13. The van der Waals surface area contributed by atoms with Crippen molar-refractivity contribution in [1.82, 2.24) is 15.5 Å². The van der Waals surface area contributed by atoms with E-state index in [2.05, 4.69) is 22.5 Å². The number of nitrogens with zero attached hydrogens (tertiary/aromatic N) is 1. The van der Waals surface area contributed by atoms with Crippen LogP contribution in [0, 0.1) is 0 Å². The SMILES string of the molecule is CCCCOC(=O)NCCN1CC2CNCC(C1)O2. The van der Waals surface area contributed by atoms with Crippen LogP contribution in [0.2, 0.25) is 0 Å². The predicted molar refractivity (Wildman–Crippen MR) is 72.2 cm³/mol. The van der Waals surface area contributed by atoms with Gasteiger partial charge in [0.1, 0.15) is 0 Å². The number of carbonyl (C=O) groups is 1. The Morgan fingerprint density at radius 1 is 1.42 bits per heavy atom. The van der Waals surface area contributed by atoms with Gasteiger partial charge >= 0.3 is 6.09 Å². The first-order chi connectivity index (χ1) is 9.28. The average Bonchev–Trinajstić information content (AvgIpc) is 2.39. The molecule has 0 spiro atoms. The van der Waals surface area contributed by atoms with Crippen molar-refractivity contribution in [2.45, 2.75) is 32.0 Å². The number of ether oxygens (including phenoxy) is 2. The molecule has 6 nitrogen and oxygen atoms in total. The minimum Gasteiger partial charge on any atom is -0.450 e. The van der Waals surface area contributed by atoms with Crippen LogP contribution in [0.4, 0.5) is 4.79 Å². The van der Waals surface area contributed by atoms with Crippen LogP contribution >= 0.6 is 0 Å². The second kappa shape index (κ2) is 7.67. The highest BCUT2D eigenvalue weighted by molar-refractivity contribution is 5.67. The molecular weight excluding hydrogens is 246 g/mol. The molecule has 2 heterocycles. The minimum atomic E-state index is -0.302. The lowest BCUT2D eigenvalue weighted by atomic mass is 10.1. The summed E-state index contributed by atoms with van der Waals surface area (Å²) in [7, 11) is 0. The molecule has 2 atom stereocenters. The molecule has 2 unspecified atom stereocenters. The average molecular weight is 271 g/mol. The zero-order chi connectivity index (χ0) is 13.5. The summed E-state index contributed by atoms with van der Waals surface area (Å²) in [5.74, 6) is 0. The maximum atomic E-state index is 11.4. The number of unbranched alkanes of at least 4 members (excludes halogenated alkanes) is 1. The van der Waals surface area contributed by atoms with Crippen molar-refractivity contribution < 1.29 is 14.3 Å². The highest BCUT2D eigenvalue weighted by Gasteiger charge is 2.30. The van der Waals surface area contributed by atoms with E-state index in [-0.39, 0.29) is 6.09 Å². The van der Waals surface area contributed by atoms with Crippen LogP contribution in [0.5, 0.6) is 0 Å². The molecule has 2 bridgehead atoms. The maximum absolute atomic E-state index is 11.4. The lowest BCUT2D eigenvalue weighted by Gasteiger charge is -2.41. The zero-order valence-corrected chi connectivity index (χ0v) is 11.7. The summed E-state index contributed by atoms with van der Waals surface area (Å²) in [6.07, 6.45) is 2.25. The van der Waals surface area contributed by atoms with E-state index in [0.717, 1.165) is 45.6 Å². The molecule has 2 saturated heterocycles. The second-order valence-electron chi connectivity index (χ2n) is 5.21. The Hall–Kier alpha value is -0.850. The monoisotopic (exact) mass is 271 g/mol. The Morgan fingerprint density at radius 2 is 2.16 bits per heavy atom. The van der Waals surface area contributed by atoms with Crippen LogP contribution in [-0.2, 0) is 9.47 Å². The molecule has 0 radical (unpaired) electrons.